The number of ether oxygens (including phenoxy) is 1. The number of carbonyl (C=O) groups excluding carboxylic acids is 1. The Bertz CT molecular complexity index is 868. The molecule has 0 aliphatic rings. The highest BCUT2D eigenvalue weighted by Gasteiger charge is 2.16. The lowest BCUT2D eigenvalue weighted by molar-refractivity contribution is -0.384. The fourth-order valence-electron chi connectivity index (χ4n) is 2.14. The van der Waals surface area contributed by atoms with Crippen molar-refractivity contribution in [2.24, 2.45) is 0 Å². The highest BCUT2D eigenvalue weighted by molar-refractivity contribution is 6.01. The topological polar surface area (TPSA) is 87.3 Å². The van der Waals surface area contributed by atoms with Crippen molar-refractivity contribution in [3.63, 3.8) is 0 Å². The first-order chi connectivity index (χ1) is 10.6. The molecule has 110 valence electrons. The summed E-state index contributed by atoms with van der Waals surface area (Å²) in [6.45, 7) is 0. The molecule has 0 saturated heterocycles. The first-order valence-electron chi connectivity index (χ1n) is 6.41. The maximum atomic E-state index is 12.5. The summed E-state index contributed by atoms with van der Waals surface area (Å²) in [5, 5.41) is 15.6. The summed E-state index contributed by atoms with van der Waals surface area (Å²) < 4.78 is 6.20. The highest BCUT2D eigenvalue weighted by atomic mass is 16.6. The van der Waals surface area contributed by atoms with Gasteiger partial charge in [-0.1, -0.05) is 0 Å². The average molecular weight is 297 g/mol. The van der Waals surface area contributed by atoms with Crippen LogP contribution in [0.25, 0.3) is 10.9 Å². The fraction of sp³-hybridized carbons (Fsp3) is 0.0667. The molecule has 0 aliphatic carbocycles. The summed E-state index contributed by atoms with van der Waals surface area (Å²) in [4.78, 5) is 22.9. The van der Waals surface area contributed by atoms with E-state index in [4.69, 9.17) is 4.74 Å². The third kappa shape index (κ3) is 2.28. The van der Waals surface area contributed by atoms with Crippen molar-refractivity contribution in [2.75, 3.05) is 7.11 Å². The summed E-state index contributed by atoms with van der Waals surface area (Å²) >= 11 is 0. The lowest BCUT2D eigenvalue weighted by atomic mass is 10.2. The van der Waals surface area contributed by atoms with Crippen LogP contribution < -0.4 is 4.74 Å². The number of methoxy groups -OCH3 is 1. The lowest BCUT2D eigenvalue weighted by Crippen LogP contribution is -2.13. The van der Waals surface area contributed by atoms with Gasteiger partial charge in [-0.3, -0.25) is 14.9 Å². The second-order valence-electron chi connectivity index (χ2n) is 4.59. The van der Waals surface area contributed by atoms with Crippen LogP contribution in [0.4, 0.5) is 5.69 Å². The minimum Gasteiger partial charge on any atom is -0.497 e. The Kier molecular flexibility index (Phi) is 3.30. The van der Waals surface area contributed by atoms with Crippen LogP contribution >= 0.6 is 0 Å². The van der Waals surface area contributed by atoms with E-state index in [-0.39, 0.29) is 11.6 Å². The molecule has 3 aromatic rings. The van der Waals surface area contributed by atoms with Crippen molar-refractivity contribution in [1.82, 2.24) is 9.78 Å². The predicted octanol–water partition coefficient (Wildman–Crippen LogP) is 2.64. The molecular formula is C15H11N3O4. The van der Waals surface area contributed by atoms with Crippen molar-refractivity contribution < 1.29 is 14.5 Å². The molecule has 0 N–H and O–H groups in total. The fourth-order valence-corrected chi connectivity index (χ4v) is 2.14. The molecule has 0 saturated carbocycles. The quantitative estimate of drug-likeness (QED) is 0.548. The van der Waals surface area contributed by atoms with E-state index in [0.717, 1.165) is 4.68 Å². The number of nitro benzene ring substituents is 1. The molecule has 0 bridgehead atoms. The van der Waals surface area contributed by atoms with Gasteiger partial charge in [0.05, 0.1) is 23.7 Å². The number of hydrogen-bond donors (Lipinski definition) is 0. The molecule has 0 amide bonds. The number of hydrogen-bond acceptors (Lipinski definition) is 5. The molecule has 0 unspecified atom stereocenters. The van der Waals surface area contributed by atoms with Crippen molar-refractivity contribution in [2.45, 2.75) is 0 Å². The largest absolute Gasteiger partial charge is 0.497 e. The number of carbonyl (C=O) groups is 1. The molecule has 0 spiro atoms. The van der Waals surface area contributed by atoms with Gasteiger partial charge in [0.2, 0.25) is 0 Å². The van der Waals surface area contributed by atoms with Gasteiger partial charge in [0.15, 0.2) is 0 Å². The Morgan fingerprint density at radius 3 is 2.59 bits per heavy atom. The maximum absolute atomic E-state index is 12.5. The molecule has 2 aromatic carbocycles. The van der Waals surface area contributed by atoms with Crippen LogP contribution in [-0.2, 0) is 0 Å². The minimum absolute atomic E-state index is 0.0863. The van der Waals surface area contributed by atoms with Crippen LogP contribution in [0.5, 0.6) is 5.75 Å². The Hall–Kier alpha value is -3.22. The predicted molar refractivity (Wildman–Crippen MR) is 79.1 cm³/mol. The zero-order valence-electron chi connectivity index (χ0n) is 11.6. The van der Waals surface area contributed by atoms with E-state index < -0.39 is 4.92 Å². The zero-order valence-corrected chi connectivity index (χ0v) is 11.6. The van der Waals surface area contributed by atoms with Gasteiger partial charge in [-0.05, 0) is 30.3 Å². The van der Waals surface area contributed by atoms with Gasteiger partial charge >= 0.3 is 0 Å². The number of aromatic nitrogens is 2. The van der Waals surface area contributed by atoms with Crippen LogP contribution in [0, 0.1) is 10.1 Å². The zero-order chi connectivity index (χ0) is 15.7. The SMILES string of the molecule is COc1ccc(C(=O)n2ncc3ccc([N+](=O)[O-])cc32)cc1. The van der Waals surface area contributed by atoms with Gasteiger partial charge in [-0.15, -0.1) is 0 Å². The highest BCUT2D eigenvalue weighted by Crippen LogP contribution is 2.22. The average Bonchev–Trinajstić information content (AvgIpc) is 2.97. The molecule has 7 nitrogen and oxygen atoms in total. The number of fused-ring (bicyclic) bond motifs is 1. The summed E-state index contributed by atoms with van der Waals surface area (Å²) in [5.74, 6) is 0.274. The molecule has 3 rings (SSSR count). The van der Waals surface area contributed by atoms with E-state index in [2.05, 4.69) is 5.10 Å². The summed E-state index contributed by atoms with van der Waals surface area (Å²) in [5.41, 5.74) is 0.726. The van der Waals surface area contributed by atoms with Gasteiger partial charge < -0.3 is 4.74 Å². The number of benzene rings is 2. The van der Waals surface area contributed by atoms with Crippen LogP contribution in [0.2, 0.25) is 0 Å². The lowest BCUT2D eigenvalue weighted by Gasteiger charge is -2.04. The van der Waals surface area contributed by atoms with Gasteiger partial charge in [-0.2, -0.15) is 9.78 Å². The van der Waals surface area contributed by atoms with E-state index in [1.54, 1.807) is 30.3 Å². The van der Waals surface area contributed by atoms with Gasteiger partial charge in [0, 0.05) is 23.1 Å². The standard InChI is InChI=1S/C15H11N3O4/c1-22-13-6-3-10(4-7-13)15(19)17-14-8-12(18(20)21)5-2-11(14)9-16-17/h2-9H,1H3. The normalized spacial score (nSPS) is 10.6. The second-order valence-corrected chi connectivity index (χ2v) is 4.59. The van der Waals surface area contributed by atoms with E-state index >= 15 is 0 Å². The van der Waals surface area contributed by atoms with E-state index in [1.807, 2.05) is 0 Å². The molecule has 0 aliphatic heterocycles. The first-order valence-corrected chi connectivity index (χ1v) is 6.41. The van der Waals surface area contributed by atoms with Crippen molar-refractivity contribution >= 4 is 22.5 Å². The van der Waals surface area contributed by atoms with Crippen LogP contribution in [0.1, 0.15) is 10.4 Å². The number of non-ortho nitro benzene ring substituents is 1. The Balaban J connectivity index is 2.06. The number of nitrogens with zero attached hydrogens (tertiary/aromatic N) is 3. The monoisotopic (exact) mass is 297 g/mol. The summed E-state index contributed by atoms with van der Waals surface area (Å²) in [7, 11) is 1.54. The second kappa shape index (κ2) is 5.28. The molecule has 1 aromatic heterocycles. The van der Waals surface area contributed by atoms with Gasteiger partial charge in [0.1, 0.15) is 5.75 Å². The molecular weight excluding hydrogens is 286 g/mol. The third-order valence-corrected chi connectivity index (χ3v) is 3.29. The first kappa shape index (κ1) is 13.7. The summed E-state index contributed by atoms with van der Waals surface area (Å²) in [6.07, 6.45) is 1.50. The van der Waals surface area contributed by atoms with Gasteiger partial charge in [0.25, 0.3) is 11.6 Å². The van der Waals surface area contributed by atoms with Crippen LogP contribution in [-0.4, -0.2) is 27.7 Å². The smallest absolute Gasteiger partial charge is 0.278 e. The van der Waals surface area contributed by atoms with E-state index in [9.17, 15) is 14.9 Å². The molecule has 0 radical (unpaired) electrons. The molecule has 0 atom stereocenters. The maximum Gasteiger partial charge on any atom is 0.278 e. The molecule has 1 heterocycles. The Labute approximate surface area is 124 Å². The molecule has 7 heteroatoms. The Morgan fingerprint density at radius 2 is 1.95 bits per heavy atom. The van der Waals surface area contributed by atoms with Crippen molar-refractivity contribution in [3.05, 3.63) is 64.3 Å². The van der Waals surface area contributed by atoms with E-state index in [0.29, 0.717) is 22.2 Å². The van der Waals surface area contributed by atoms with Crippen LogP contribution in [0.15, 0.2) is 48.7 Å². The third-order valence-electron chi connectivity index (χ3n) is 3.29. The number of rotatable bonds is 3. The van der Waals surface area contributed by atoms with E-state index in [1.165, 1.54) is 25.4 Å². The molecule has 0 fully saturated rings. The number of nitro groups is 1. The van der Waals surface area contributed by atoms with Crippen molar-refractivity contribution in [1.29, 1.82) is 0 Å². The van der Waals surface area contributed by atoms with Gasteiger partial charge in [-0.25, -0.2) is 0 Å². The van der Waals surface area contributed by atoms with Crippen LogP contribution in [0.3, 0.4) is 0 Å². The summed E-state index contributed by atoms with van der Waals surface area (Å²) in [6, 6.07) is 10.9. The molecule has 22 heavy (non-hydrogen) atoms. The minimum atomic E-state index is -0.505. The Morgan fingerprint density at radius 1 is 1.23 bits per heavy atom. The van der Waals surface area contributed by atoms with Crippen molar-refractivity contribution in [3.8, 4) is 5.75 Å².